The normalized spacial score (nSPS) is 14.1. The number of nitrogens with zero attached hydrogens (tertiary/aromatic N) is 1. The van der Waals surface area contributed by atoms with Gasteiger partial charge in [-0.1, -0.05) is 79.1 Å². The molecule has 17 heteroatoms. The van der Waals surface area contributed by atoms with Gasteiger partial charge < -0.3 is 10.5 Å². The van der Waals surface area contributed by atoms with Crippen molar-refractivity contribution >= 4 is 57.8 Å². The number of rotatable bonds is 15. The number of halogens is 8. The molecule has 4 aromatic rings. The Hall–Kier alpha value is -4.64. The molecule has 2 aromatic heterocycles. The van der Waals surface area contributed by atoms with E-state index < -0.39 is 92.8 Å². The van der Waals surface area contributed by atoms with Crippen molar-refractivity contribution in [3.8, 4) is 0 Å². The molecule has 2 aromatic carbocycles. The summed E-state index contributed by atoms with van der Waals surface area (Å²) in [6.07, 6.45) is 8.25. The summed E-state index contributed by atoms with van der Waals surface area (Å²) >= 11 is 2.40. The molecule has 0 radical (unpaired) electrons. The molecule has 2 aliphatic heterocycles. The Morgan fingerprint density at radius 3 is 1.25 bits per heavy atom. The molecule has 0 fully saturated rings. The van der Waals surface area contributed by atoms with E-state index in [0.29, 0.717) is 29.9 Å². The maximum Gasteiger partial charge on any atom is 0.347 e. The Balaban J connectivity index is 0.000000220. The van der Waals surface area contributed by atoms with Gasteiger partial charge >= 0.3 is 11.9 Å². The van der Waals surface area contributed by atoms with Gasteiger partial charge in [-0.25, -0.2) is 49.6 Å². The van der Waals surface area contributed by atoms with E-state index in [1.165, 1.54) is 22.1 Å². The van der Waals surface area contributed by atoms with Crippen LogP contribution in [0.15, 0.2) is 21.5 Å². The molecule has 0 saturated carbocycles. The highest BCUT2D eigenvalue weighted by Gasteiger charge is 2.42. The Kier molecular flexibility index (Phi) is 16.8. The second kappa shape index (κ2) is 21.1. The molecule has 2 amide bonds. The highest BCUT2D eigenvalue weighted by atomic mass is 32.1. The molecule has 2 unspecified atom stereocenters. The lowest BCUT2D eigenvalue weighted by atomic mass is 9.92. The van der Waals surface area contributed by atoms with E-state index in [4.69, 9.17) is 5.73 Å². The van der Waals surface area contributed by atoms with E-state index in [1.807, 2.05) is 20.8 Å². The second-order valence-corrected chi connectivity index (χ2v) is 15.6. The lowest BCUT2D eigenvalue weighted by Crippen LogP contribution is -2.32. The summed E-state index contributed by atoms with van der Waals surface area (Å²) < 4.78 is 117. The third-order valence-electron chi connectivity index (χ3n) is 10.5. The Labute approximate surface area is 344 Å². The molecule has 0 aliphatic carbocycles. The van der Waals surface area contributed by atoms with Crippen molar-refractivity contribution in [1.29, 1.82) is 0 Å². The van der Waals surface area contributed by atoms with Gasteiger partial charge in [0.2, 0.25) is 0 Å². The molecule has 7 nitrogen and oxygen atoms in total. The summed E-state index contributed by atoms with van der Waals surface area (Å²) in [6.45, 7) is 8.06. The van der Waals surface area contributed by atoms with Crippen molar-refractivity contribution < 1.29 is 59.0 Å². The van der Waals surface area contributed by atoms with E-state index in [1.54, 1.807) is 10.8 Å². The smallest absolute Gasteiger partial charge is 0.347 e. The minimum Gasteiger partial charge on any atom is -0.394 e. The lowest BCUT2D eigenvalue weighted by Gasteiger charge is -2.19. The van der Waals surface area contributed by atoms with E-state index in [0.717, 1.165) is 62.7 Å². The van der Waals surface area contributed by atoms with Gasteiger partial charge in [0.05, 0.1) is 22.3 Å². The fraction of sp³-hybridized carbons (Fsp3) is 0.429. The maximum absolute atomic E-state index is 14.7. The first-order chi connectivity index (χ1) is 28.0. The zero-order chi connectivity index (χ0) is 43.7. The fourth-order valence-electron chi connectivity index (χ4n) is 6.75. The third-order valence-corrected chi connectivity index (χ3v) is 11.9. The van der Waals surface area contributed by atoms with Crippen molar-refractivity contribution in [2.24, 2.45) is 11.8 Å². The number of esters is 2. The first kappa shape index (κ1) is 47.0. The number of nitrogens with two attached hydrogens (primary N) is 1. The van der Waals surface area contributed by atoms with Crippen LogP contribution in [0.3, 0.4) is 0 Å². The SMILES string of the molecule is CCCCC(CC)CCc1c(F)c(F)c(N)c(F)c1F.CCCCC(CC)CCc1c(F)c(F)c(N2C(=O)c3cscc3C2=O)c(F)c1F.O=C1OC(=O)c2cscc21. The minimum atomic E-state index is -1.73. The summed E-state index contributed by atoms with van der Waals surface area (Å²) in [4.78, 5) is 46.3. The van der Waals surface area contributed by atoms with Crippen LogP contribution in [-0.2, 0) is 17.6 Å². The first-order valence-corrected chi connectivity index (χ1v) is 21.2. The average Bonchev–Trinajstić information content (AvgIpc) is 4.02. The highest BCUT2D eigenvalue weighted by molar-refractivity contribution is 7.09. The number of fused-ring (bicyclic) bond motifs is 2. The van der Waals surface area contributed by atoms with Crippen LogP contribution < -0.4 is 10.6 Å². The van der Waals surface area contributed by atoms with Crippen molar-refractivity contribution in [2.45, 2.75) is 105 Å². The molecule has 0 bridgehead atoms. The largest absolute Gasteiger partial charge is 0.394 e. The van der Waals surface area contributed by atoms with Crippen LogP contribution in [-0.4, -0.2) is 23.8 Å². The summed E-state index contributed by atoms with van der Waals surface area (Å²) in [6, 6.07) is 0. The van der Waals surface area contributed by atoms with Gasteiger partial charge in [0.25, 0.3) is 11.8 Å². The number of carbonyl (C=O) groups excluding carboxylic acids is 4. The zero-order valence-electron chi connectivity index (χ0n) is 32.9. The molecule has 2 aliphatic rings. The number of unbranched alkanes of at least 4 members (excludes halogenated alkanes) is 2. The van der Waals surface area contributed by atoms with Crippen LogP contribution in [0.5, 0.6) is 0 Å². The Bertz CT molecular complexity index is 2070. The summed E-state index contributed by atoms with van der Waals surface area (Å²) in [5.74, 6) is -14.9. The van der Waals surface area contributed by atoms with Crippen LogP contribution in [0.1, 0.15) is 144 Å². The number of hydrogen-bond donors (Lipinski definition) is 1. The van der Waals surface area contributed by atoms with Crippen LogP contribution in [0.4, 0.5) is 46.5 Å². The van der Waals surface area contributed by atoms with E-state index in [2.05, 4.69) is 11.7 Å². The van der Waals surface area contributed by atoms with Crippen molar-refractivity contribution in [3.63, 3.8) is 0 Å². The van der Waals surface area contributed by atoms with Gasteiger partial charge in [-0.15, -0.1) is 0 Å². The molecule has 2 atom stereocenters. The van der Waals surface area contributed by atoms with Crippen molar-refractivity contribution in [2.75, 3.05) is 10.6 Å². The zero-order valence-corrected chi connectivity index (χ0v) is 34.5. The number of benzene rings is 2. The average molecular weight is 873 g/mol. The summed E-state index contributed by atoms with van der Waals surface area (Å²) in [5, 5.41) is 5.94. The number of ether oxygens (including phenoxy) is 1. The van der Waals surface area contributed by atoms with Crippen LogP contribution in [0.25, 0.3) is 0 Å². The predicted molar refractivity (Wildman–Crippen MR) is 210 cm³/mol. The molecule has 59 heavy (non-hydrogen) atoms. The standard InChI is InChI=1S/C21H21F4NO2S.C15H21F4N.C6H2O3S/c1-3-5-6-11(4-2)7-8-12-15(22)17(24)19(18(25)16(12)23)26-20(27)13-9-29-10-14(13)21(26)28;1-3-5-6-9(4-2)7-8-10-11(16)13(18)15(20)14(19)12(10)17;7-5-3-1-10-2-4(3)6(8)9-5/h9-11H,3-8H2,1-2H3;9H,3-8,20H2,1-2H3;1-2H. The van der Waals surface area contributed by atoms with Gasteiger partial charge in [0.15, 0.2) is 46.5 Å². The van der Waals surface area contributed by atoms with Crippen LogP contribution >= 0.6 is 22.7 Å². The molecule has 6 rings (SSSR count). The van der Waals surface area contributed by atoms with E-state index >= 15 is 0 Å². The van der Waals surface area contributed by atoms with Crippen molar-refractivity contribution in [3.05, 3.63) is 101 Å². The number of hydrogen-bond acceptors (Lipinski definition) is 8. The topological polar surface area (TPSA) is 107 Å². The van der Waals surface area contributed by atoms with E-state index in [9.17, 15) is 54.3 Å². The Morgan fingerprint density at radius 2 is 0.898 bits per heavy atom. The molecular formula is C42H44F8N2O5S2. The maximum atomic E-state index is 14.7. The number of carbonyl (C=O) groups is 4. The second-order valence-electron chi connectivity index (χ2n) is 14.2. The predicted octanol–water partition coefficient (Wildman–Crippen LogP) is 12.3. The van der Waals surface area contributed by atoms with Gasteiger partial charge in [0.1, 0.15) is 11.4 Å². The molecule has 0 spiro atoms. The quantitative estimate of drug-likeness (QED) is 0.0318. The molecule has 320 valence electrons. The molecule has 2 N–H and O–H groups in total. The number of anilines is 2. The van der Waals surface area contributed by atoms with Gasteiger partial charge in [-0.05, 0) is 37.5 Å². The van der Waals surface area contributed by atoms with Gasteiger partial charge in [0, 0.05) is 32.6 Å². The van der Waals surface area contributed by atoms with Gasteiger partial charge in [-0.3, -0.25) is 9.59 Å². The molecular weight excluding hydrogens is 829 g/mol. The highest BCUT2D eigenvalue weighted by Crippen LogP contribution is 2.38. The minimum absolute atomic E-state index is 0.0198. The lowest BCUT2D eigenvalue weighted by molar-refractivity contribution is 0.0443. The monoisotopic (exact) mass is 872 g/mol. The number of imide groups is 1. The number of thiophene rings is 2. The number of nitrogen functional groups attached to an aromatic ring is 1. The van der Waals surface area contributed by atoms with Crippen molar-refractivity contribution in [1.82, 2.24) is 0 Å². The molecule has 0 saturated heterocycles. The Morgan fingerprint density at radius 1 is 0.542 bits per heavy atom. The van der Waals surface area contributed by atoms with Crippen LogP contribution in [0, 0.1) is 58.4 Å². The third kappa shape index (κ3) is 10.2. The summed E-state index contributed by atoms with van der Waals surface area (Å²) in [5.41, 5.74) is 2.08. The summed E-state index contributed by atoms with van der Waals surface area (Å²) in [7, 11) is 0. The fourth-order valence-corrected chi connectivity index (χ4v) is 8.34. The van der Waals surface area contributed by atoms with Gasteiger partial charge in [-0.2, -0.15) is 22.7 Å². The molecule has 4 heterocycles. The number of cyclic esters (lactones) is 2. The van der Waals surface area contributed by atoms with E-state index in [-0.39, 0.29) is 34.8 Å². The number of amides is 2. The van der Waals surface area contributed by atoms with Crippen LogP contribution in [0.2, 0.25) is 0 Å². The first-order valence-electron chi connectivity index (χ1n) is 19.3.